The van der Waals surface area contributed by atoms with Gasteiger partial charge in [0.1, 0.15) is 6.10 Å². The van der Waals surface area contributed by atoms with Gasteiger partial charge in [-0.15, -0.1) is 11.6 Å². The molecule has 3 atom stereocenters. The molecule has 1 heterocycles. The summed E-state index contributed by atoms with van der Waals surface area (Å²) in [6.07, 6.45) is 10.4. The Labute approximate surface area is 141 Å². The van der Waals surface area contributed by atoms with E-state index in [0.717, 1.165) is 38.5 Å². The van der Waals surface area contributed by atoms with E-state index in [0.29, 0.717) is 12.0 Å². The Bertz CT molecular complexity index is 526. The van der Waals surface area contributed by atoms with Crippen molar-refractivity contribution < 1.29 is 14.3 Å². The van der Waals surface area contributed by atoms with Crippen molar-refractivity contribution in [2.24, 2.45) is 16.9 Å². The van der Waals surface area contributed by atoms with Gasteiger partial charge in [-0.3, -0.25) is 9.59 Å². The molecule has 6 heteroatoms. The summed E-state index contributed by atoms with van der Waals surface area (Å²) >= 11 is 6.16. The minimum atomic E-state index is -0.188. The molecule has 0 bridgehead atoms. The number of nitrogens with one attached hydrogen (secondary N) is 1. The number of amides is 1. The average Bonchev–Trinajstić information content (AvgIpc) is 2.58. The van der Waals surface area contributed by atoms with Crippen molar-refractivity contribution in [3.8, 4) is 0 Å². The SMILES string of the molecule is O=C(N/N=C/C1=COC2CCC(Cl)CC2C1=O)C1CCCCC1. The molecule has 126 valence electrons. The van der Waals surface area contributed by atoms with E-state index in [1.165, 1.54) is 18.9 Å². The monoisotopic (exact) mass is 338 g/mol. The van der Waals surface area contributed by atoms with Crippen LogP contribution in [0.3, 0.4) is 0 Å². The normalized spacial score (nSPS) is 32.1. The van der Waals surface area contributed by atoms with E-state index in [1.807, 2.05) is 0 Å². The lowest BCUT2D eigenvalue weighted by Crippen LogP contribution is -2.40. The van der Waals surface area contributed by atoms with Crippen molar-refractivity contribution in [2.75, 3.05) is 0 Å². The first-order chi connectivity index (χ1) is 11.1. The number of ketones is 1. The predicted octanol–water partition coefficient (Wildman–Crippen LogP) is 2.93. The second-order valence-electron chi connectivity index (χ2n) is 6.70. The molecule has 1 amide bonds. The zero-order valence-electron chi connectivity index (χ0n) is 13.2. The molecular weight excluding hydrogens is 316 g/mol. The fourth-order valence-electron chi connectivity index (χ4n) is 3.68. The highest BCUT2D eigenvalue weighted by molar-refractivity contribution is 6.21. The third-order valence-corrected chi connectivity index (χ3v) is 5.46. The molecule has 1 aliphatic heterocycles. The first-order valence-corrected chi connectivity index (χ1v) is 8.95. The van der Waals surface area contributed by atoms with Gasteiger partial charge in [0.2, 0.25) is 5.91 Å². The first kappa shape index (κ1) is 16.5. The van der Waals surface area contributed by atoms with Crippen molar-refractivity contribution in [2.45, 2.75) is 62.8 Å². The van der Waals surface area contributed by atoms with E-state index in [-0.39, 0.29) is 35.0 Å². The second-order valence-corrected chi connectivity index (χ2v) is 7.32. The molecule has 0 saturated heterocycles. The van der Waals surface area contributed by atoms with Crippen molar-refractivity contribution >= 4 is 29.5 Å². The number of Topliss-reactive ketones (excluding diaryl/α,β-unsaturated/α-hetero) is 1. The summed E-state index contributed by atoms with van der Waals surface area (Å²) in [5, 5.41) is 3.98. The van der Waals surface area contributed by atoms with Crippen LogP contribution in [0.15, 0.2) is 16.9 Å². The average molecular weight is 339 g/mol. The van der Waals surface area contributed by atoms with Crippen LogP contribution in [0.4, 0.5) is 0 Å². The van der Waals surface area contributed by atoms with E-state index < -0.39 is 0 Å². The highest BCUT2D eigenvalue weighted by Crippen LogP contribution is 2.34. The topological polar surface area (TPSA) is 67.8 Å². The van der Waals surface area contributed by atoms with Crippen LogP contribution in [0, 0.1) is 11.8 Å². The molecule has 3 rings (SSSR count). The fraction of sp³-hybridized carbons (Fsp3) is 0.706. The van der Waals surface area contributed by atoms with Crippen LogP contribution in [0.5, 0.6) is 0 Å². The third-order valence-electron chi connectivity index (χ3n) is 5.07. The van der Waals surface area contributed by atoms with E-state index in [9.17, 15) is 9.59 Å². The number of fused-ring (bicyclic) bond motifs is 1. The number of allylic oxidation sites excluding steroid dienone is 1. The molecule has 0 aromatic rings. The van der Waals surface area contributed by atoms with Crippen LogP contribution in [0.25, 0.3) is 0 Å². The molecule has 0 radical (unpaired) electrons. The summed E-state index contributed by atoms with van der Waals surface area (Å²) in [5.41, 5.74) is 2.96. The summed E-state index contributed by atoms with van der Waals surface area (Å²) < 4.78 is 5.64. The Kier molecular flexibility index (Phi) is 5.36. The van der Waals surface area contributed by atoms with Gasteiger partial charge in [-0.1, -0.05) is 19.3 Å². The molecule has 2 saturated carbocycles. The molecule has 0 spiro atoms. The molecule has 5 nitrogen and oxygen atoms in total. The van der Waals surface area contributed by atoms with Crippen LogP contribution in [0.2, 0.25) is 0 Å². The number of carbonyl (C=O) groups is 2. The van der Waals surface area contributed by atoms with Gasteiger partial charge in [0.25, 0.3) is 0 Å². The van der Waals surface area contributed by atoms with Gasteiger partial charge < -0.3 is 4.74 Å². The summed E-state index contributed by atoms with van der Waals surface area (Å²) in [6, 6.07) is 0. The number of hydrogen-bond donors (Lipinski definition) is 1. The molecule has 3 unspecified atom stereocenters. The zero-order valence-corrected chi connectivity index (χ0v) is 13.9. The van der Waals surface area contributed by atoms with Gasteiger partial charge in [0.15, 0.2) is 5.78 Å². The fourth-order valence-corrected chi connectivity index (χ4v) is 4.00. The lowest BCUT2D eigenvalue weighted by atomic mass is 9.80. The van der Waals surface area contributed by atoms with Crippen molar-refractivity contribution in [3.05, 3.63) is 11.8 Å². The Balaban J connectivity index is 1.55. The van der Waals surface area contributed by atoms with E-state index in [2.05, 4.69) is 10.5 Å². The molecule has 0 aromatic carbocycles. The quantitative estimate of drug-likeness (QED) is 0.488. The van der Waals surface area contributed by atoms with Crippen LogP contribution >= 0.6 is 11.6 Å². The molecule has 0 aromatic heterocycles. The van der Waals surface area contributed by atoms with Gasteiger partial charge >= 0.3 is 0 Å². The smallest absolute Gasteiger partial charge is 0.243 e. The minimum absolute atomic E-state index is 0.0160. The summed E-state index contributed by atoms with van der Waals surface area (Å²) in [4.78, 5) is 24.5. The third kappa shape index (κ3) is 3.94. The Hall–Kier alpha value is -1.36. The zero-order chi connectivity index (χ0) is 16.2. The Morgan fingerprint density at radius 3 is 2.83 bits per heavy atom. The van der Waals surface area contributed by atoms with E-state index in [1.54, 1.807) is 0 Å². The summed E-state index contributed by atoms with van der Waals surface area (Å²) in [5.74, 6) is -0.177. The van der Waals surface area contributed by atoms with Gasteiger partial charge in [-0.05, 0) is 32.1 Å². The van der Waals surface area contributed by atoms with E-state index >= 15 is 0 Å². The number of nitrogens with zero attached hydrogens (tertiary/aromatic N) is 1. The van der Waals surface area contributed by atoms with Gasteiger partial charge in [0.05, 0.1) is 24.0 Å². The molecule has 2 aliphatic carbocycles. The number of hydrogen-bond acceptors (Lipinski definition) is 4. The molecule has 23 heavy (non-hydrogen) atoms. The lowest BCUT2D eigenvalue weighted by Gasteiger charge is -2.35. The number of rotatable bonds is 3. The number of halogens is 1. The van der Waals surface area contributed by atoms with Crippen molar-refractivity contribution in [1.82, 2.24) is 5.43 Å². The summed E-state index contributed by atoms with van der Waals surface area (Å²) in [7, 11) is 0. The van der Waals surface area contributed by atoms with Gasteiger partial charge in [-0.25, -0.2) is 5.43 Å². The maximum atomic E-state index is 12.5. The molecule has 3 aliphatic rings. The molecular formula is C17H23ClN2O3. The standard InChI is InChI=1S/C17H23ClN2O3/c18-13-6-7-15-14(8-13)16(21)12(10-23-15)9-19-20-17(22)11-4-2-1-3-5-11/h9-11,13-15H,1-8H2,(H,20,22)/b19-9+. The highest BCUT2D eigenvalue weighted by atomic mass is 35.5. The molecule has 1 N–H and O–H groups in total. The van der Waals surface area contributed by atoms with Crippen molar-refractivity contribution in [3.63, 3.8) is 0 Å². The van der Waals surface area contributed by atoms with Crippen LogP contribution < -0.4 is 5.43 Å². The lowest BCUT2D eigenvalue weighted by molar-refractivity contribution is -0.127. The maximum Gasteiger partial charge on any atom is 0.243 e. The number of ether oxygens (including phenoxy) is 1. The van der Waals surface area contributed by atoms with E-state index in [4.69, 9.17) is 16.3 Å². The number of hydrazone groups is 1. The van der Waals surface area contributed by atoms with Crippen LogP contribution in [-0.2, 0) is 14.3 Å². The van der Waals surface area contributed by atoms with Crippen LogP contribution in [0.1, 0.15) is 51.4 Å². The maximum absolute atomic E-state index is 12.5. The van der Waals surface area contributed by atoms with Gasteiger partial charge in [0, 0.05) is 11.3 Å². The number of carbonyl (C=O) groups excluding carboxylic acids is 2. The second kappa shape index (κ2) is 7.47. The molecule has 2 fully saturated rings. The Morgan fingerprint density at radius 2 is 2.04 bits per heavy atom. The number of alkyl halides is 1. The highest BCUT2D eigenvalue weighted by Gasteiger charge is 2.39. The first-order valence-electron chi connectivity index (χ1n) is 8.52. The summed E-state index contributed by atoms with van der Waals surface area (Å²) in [6.45, 7) is 0. The van der Waals surface area contributed by atoms with Crippen LogP contribution in [-0.4, -0.2) is 29.4 Å². The van der Waals surface area contributed by atoms with Crippen molar-refractivity contribution in [1.29, 1.82) is 0 Å². The Morgan fingerprint density at radius 1 is 1.26 bits per heavy atom. The minimum Gasteiger partial charge on any atom is -0.496 e. The van der Waals surface area contributed by atoms with Gasteiger partial charge in [-0.2, -0.15) is 5.10 Å². The predicted molar refractivity (Wildman–Crippen MR) is 88.2 cm³/mol. The largest absolute Gasteiger partial charge is 0.496 e.